The number of benzene rings is 2. The molecule has 0 aliphatic rings. The molecule has 1 atom stereocenters. The number of halogens is 2. The van der Waals surface area contributed by atoms with E-state index < -0.39 is 27.9 Å². The molecule has 31 heavy (non-hydrogen) atoms. The predicted molar refractivity (Wildman–Crippen MR) is 121 cm³/mol. The molecule has 11 heteroatoms. The number of hydrogen-bond acceptors (Lipinski definition) is 6. The third kappa shape index (κ3) is 6.03. The Morgan fingerprint density at radius 2 is 1.84 bits per heavy atom. The van der Waals surface area contributed by atoms with Gasteiger partial charge in [0.25, 0.3) is 0 Å². The monoisotopic (exact) mass is 488 g/mol. The normalized spacial score (nSPS) is 12.1. The van der Waals surface area contributed by atoms with Crippen molar-refractivity contribution in [2.24, 2.45) is 0 Å². The van der Waals surface area contributed by atoms with Crippen LogP contribution in [0.3, 0.4) is 0 Å². The molecule has 0 saturated heterocycles. The first-order valence-electron chi connectivity index (χ1n) is 9.10. The van der Waals surface area contributed by atoms with E-state index in [2.05, 4.69) is 5.32 Å². The molecule has 1 amide bonds. The van der Waals surface area contributed by atoms with Crippen molar-refractivity contribution in [1.29, 1.82) is 0 Å². The van der Waals surface area contributed by atoms with Gasteiger partial charge in [-0.15, -0.1) is 0 Å². The van der Waals surface area contributed by atoms with Crippen LogP contribution in [0.5, 0.6) is 5.75 Å². The largest absolute Gasteiger partial charge is 0.495 e. The van der Waals surface area contributed by atoms with Crippen LogP contribution in [0.4, 0.5) is 11.4 Å². The number of amides is 1. The van der Waals surface area contributed by atoms with Gasteiger partial charge in [0.15, 0.2) is 0 Å². The van der Waals surface area contributed by atoms with E-state index in [1.54, 1.807) is 13.0 Å². The van der Waals surface area contributed by atoms with Gasteiger partial charge in [0.2, 0.25) is 15.9 Å². The maximum atomic E-state index is 12.9. The number of nitrogens with zero attached hydrogens (tertiary/aromatic N) is 1. The van der Waals surface area contributed by atoms with Crippen molar-refractivity contribution in [2.45, 2.75) is 19.9 Å². The highest BCUT2D eigenvalue weighted by Gasteiger charge is 2.31. The van der Waals surface area contributed by atoms with E-state index >= 15 is 0 Å². The van der Waals surface area contributed by atoms with E-state index in [1.807, 2.05) is 0 Å². The molecule has 0 radical (unpaired) electrons. The zero-order valence-corrected chi connectivity index (χ0v) is 19.6. The standard InChI is InChI=1S/C20H22Cl2N2O6S/c1-5-30-20(26)15-11-14(7-8-16(15)22)23-19(25)12(2)24(31(4,27)28)17-10-13(21)6-9-18(17)29-3/h6-12H,5H2,1-4H3,(H,23,25)/t12-/m1/s1. The lowest BCUT2D eigenvalue weighted by Crippen LogP contribution is -2.45. The number of carbonyl (C=O) groups is 2. The predicted octanol–water partition coefficient (Wildman–Crippen LogP) is 3.97. The minimum Gasteiger partial charge on any atom is -0.495 e. The van der Waals surface area contributed by atoms with Gasteiger partial charge in [-0.3, -0.25) is 9.10 Å². The first-order valence-corrected chi connectivity index (χ1v) is 11.7. The molecule has 0 spiro atoms. The SMILES string of the molecule is CCOC(=O)c1cc(NC(=O)[C@@H](C)N(c2cc(Cl)ccc2OC)S(C)(=O)=O)ccc1Cl. The number of nitrogens with one attached hydrogen (secondary N) is 1. The van der Waals surface area contributed by atoms with Crippen LogP contribution in [0, 0.1) is 0 Å². The molecule has 2 rings (SSSR count). The van der Waals surface area contributed by atoms with Crippen molar-refractivity contribution in [3.8, 4) is 5.75 Å². The van der Waals surface area contributed by atoms with Crippen LogP contribution in [-0.4, -0.2) is 46.3 Å². The molecule has 168 valence electrons. The van der Waals surface area contributed by atoms with Crippen molar-refractivity contribution >= 4 is 56.5 Å². The van der Waals surface area contributed by atoms with Gasteiger partial charge in [-0.25, -0.2) is 13.2 Å². The summed E-state index contributed by atoms with van der Waals surface area (Å²) < 4.78 is 36.2. The van der Waals surface area contributed by atoms with Gasteiger partial charge in [-0.05, 0) is 50.2 Å². The highest BCUT2D eigenvalue weighted by atomic mass is 35.5. The molecule has 2 aromatic rings. The number of ether oxygens (including phenoxy) is 2. The number of hydrogen-bond donors (Lipinski definition) is 1. The molecule has 0 saturated carbocycles. The molecule has 0 heterocycles. The highest BCUT2D eigenvalue weighted by Crippen LogP contribution is 2.34. The van der Waals surface area contributed by atoms with Gasteiger partial charge in [-0.2, -0.15) is 0 Å². The molecule has 0 aliphatic carbocycles. The number of methoxy groups -OCH3 is 1. The van der Waals surface area contributed by atoms with Gasteiger partial charge >= 0.3 is 5.97 Å². The topological polar surface area (TPSA) is 102 Å². The number of carbonyl (C=O) groups excluding carboxylic acids is 2. The van der Waals surface area contributed by atoms with E-state index in [-0.39, 0.29) is 39.3 Å². The molecule has 0 bridgehead atoms. The molecular formula is C20H22Cl2N2O6S. The minimum absolute atomic E-state index is 0.0745. The van der Waals surface area contributed by atoms with Crippen molar-refractivity contribution < 1.29 is 27.5 Å². The Kier molecular flexibility index (Phi) is 8.16. The molecule has 0 aromatic heterocycles. The Morgan fingerprint density at radius 1 is 1.16 bits per heavy atom. The highest BCUT2D eigenvalue weighted by molar-refractivity contribution is 7.92. The number of sulfonamides is 1. The summed E-state index contributed by atoms with van der Waals surface area (Å²) in [6, 6.07) is 7.54. The van der Waals surface area contributed by atoms with Crippen molar-refractivity contribution in [1.82, 2.24) is 0 Å². The maximum absolute atomic E-state index is 12.9. The first-order chi connectivity index (χ1) is 14.5. The van der Waals surface area contributed by atoms with E-state index in [9.17, 15) is 18.0 Å². The Labute approximate surface area is 191 Å². The van der Waals surface area contributed by atoms with Gasteiger partial charge in [0, 0.05) is 10.7 Å². The van der Waals surface area contributed by atoms with Crippen LogP contribution < -0.4 is 14.4 Å². The average Bonchev–Trinajstić information content (AvgIpc) is 2.68. The Balaban J connectivity index is 2.39. The van der Waals surface area contributed by atoms with Crippen molar-refractivity contribution in [3.05, 3.63) is 52.0 Å². The van der Waals surface area contributed by atoms with Crippen molar-refractivity contribution in [3.63, 3.8) is 0 Å². The summed E-state index contributed by atoms with van der Waals surface area (Å²) in [5.41, 5.74) is 0.435. The molecule has 0 fully saturated rings. The zero-order valence-electron chi connectivity index (χ0n) is 17.3. The summed E-state index contributed by atoms with van der Waals surface area (Å²) in [6.07, 6.45) is 0.971. The number of esters is 1. The first kappa shape index (κ1) is 24.8. The van der Waals surface area contributed by atoms with E-state index in [1.165, 1.54) is 44.4 Å². The molecule has 0 aliphatic heterocycles. The Bertz CT molecular complexity index is 1090. The van der Waals surface area contributed by atoms with E-state index in [0.717, 1.165) is 10.6 Å². The van der Waals surface area contributed by atoms with Gasteiger partial charge < -0.3 is 14.8 Å². The number of rotatable bonds is 8. The fraction of sp³-hybridized carbons (Fsp3) is 0.300. The van der Waals surface area contributed by atoms with Gasteiger partial charge in [-0.1, -0.05) is 23.2 Å². The second-order valence-electron chi connectivity index (χ2n) is 6.46. The summed E-state index contributed by atoms with van der Waals surface area (Å²) in [4.78, 5) is 24.9. The summed E-state index contributed by atoms with van der Waals surface area (Å²) in [6.45, 7) is 3.23. The molecule has 0 unspecified atom stereocenters. The summed E-state index contributed by atoms with van der Waals surface area (Å²) in [5.74, 6) is -1.06. The average molecular weight is 489 g/mol. The fourth-order valence-corrected chi connectivity index (χ4v) is 4.36. The maximum Gasteiger partial charge on any atom is 0.339 e. The summed E-state index contributed by atoms with van der Waals surface area (Å²) >= 11 is 12.1. The lowest BCUT2D eigenvalue weighted by molar-refractivity contribution is -0.116. The van der Waals surface area contributed by atoms with Crippen LogP contribution >= 0.6 is 23.2 Å². The molecule has 2 aromatic carbocycles. The fourth-order valence-electron chi connectivity index (χ4n) is 2.83. The summed E-state index contributed by atoms with van der Waals surface area (Å²) in [7, 11) is -2.52. The molecule has 8 nitrogen and oxygen atoms in total. The van der Waals surface area contributed by atoms with E-state index in [0.29, 0.717) is 0 Å². The summed E-state index contributed by atoms with van der Waals surface area (Å²) in [5, 5.41) is 3.03. The Hall–Kier alpha value is -2.49. The van der Waals surface area contributed by atoms with Crippen LogP contribution in [-0.2, 0) is 19.6 Å². The smallest absolute Gasteiger partial charge is 0.339 e. The second kappa shape index (κ2) is 10.2. The molecule has 1 N–H and O–H groups in total. The van der Waals surface area contributed by atoms with Crippen LogP contribution in [0.1, 0.15) is 24.2 Å². The van der Waals surface area contributed by atoms with E-state index in [4.69, 9.17) is 32.7 Å². The third-order valence-corrected chi connectivity index (χ3v) is 5.99. The van der Waals surface area contributed by atoms with Crippen molar-refractivity contribution in [2.75, 3.05) is 29.6 Å². The zero-order chi connectivity index (χ0) is 23.3. The lowest BCUT2D eigenvalue weighted by atomic mass is 10.2. The van der Waals surface area contributed by atoms with Gasteiger partial charge in [0.05, 0.1) is 36.2 Å². The van der Waals surface area contributed by atoms with Gasteiger partial charge in [0.1, 0.15) is 11.8 Å². The Morgan fingerprint density at radius 3 is 2.42 bits per heavy atom. The third-order valence-electron chi connectivity index (χ3n) is 4.20. The minimum atomic E-state index is -3.90. The number of anilines is 2. The molecular weight excluding hydrogens is 467 g/mol. The van der Waals surface area contributed by atoms with Crippen LogP contribution in [0.25, 0.3) is 0 Å². The van der Waals surface area contributed by atoms with Crippen LogP contribution in [0.2, 0.25) is 10.0 Å². The lowest BCUT2D eigenvalue weighted by Gasteiger charge is -2.29. The quantitative estimate of drug-likeness (QED) is 0.563. The van der Waals surface area contributed by atoms with Crippen LogP contribution in [0.15, 0.2) is 36.4 Å². The second-order valence-corrected chi connectivity index (χ2v) is 9.16.